The monoisotopic (exact) mass is 287 g/mol. The van der Waals surface area contributed by atoms with Crippen LogP contribution in [0.1, 0.15) is 62.7 Å². The van der Waals surface area contributed by atoms with Crippen molar-refractivity contribution >= 4 is 0 Å². The molecule has 0 saturated heterocycles. The summed E-state index contributed by atoms with van der Waals surface area (Å²) in [6.45, 7) is 3.33. The van der Waals surface area contributed by atoms with E-state index in [9.17, 15) is 5.11 Å². The maximum absolute atomic E-state index is 10.6. The van der Waals surface area contributed by atoms with Crippen LogP contribution in [0.25, 0.3) is 0 Å². The molecule has 3 rings (SSSR count). The number of aryl methyl sites for hydroxylation is 1. The van der Waals surface area contributed by atoms with Crippen LogP contribution in [0.4, 0.5) is 0 Å². The van der Waals surface area contributed by atoms with Crippen LogP contribution < -0.4 is 5.32 Å². The van der Waals surface area contributed by atoms with E-state index in [1.54, 1.807) is 0 Å². The fourth-order valence-electron chi connectivity index (χ4n) is 3.73. The molecule has 1 saturated carbocycles. The molecule has 116 valence electrons. The Morgan fingerprint density at radius 2 is 2.05 bits per heavy atom. The van der Waals surface area contributed by atoms with Crippen molar-refractivity contribution in [3.05, 3.63) is 35.4 Å². The zero-order chi connectivity index (χ0) is 14.7. The molecule has 2 nitrogen and oxygen atoms in total. The number of aliphatic hydroxyl groups excluding tert-OH is 1. The van der Waals surface area contributed by atoms with E-state index in [2.05, 4.69) is 30.4 Å². The van der Waals surface area contributed by atoms with Crippen molar-refractivity contribution in [3.8, 4) is 0 Å². The van der Waals surface area contributed by atoms with Gasteiger partial charge in [-0.05, 0) is 61.6 Å². The highest BCUT2D eigenvalue weighted by Crippen LogP contribution is 2.36. The van der Waals surface area contributed by atoms with Gasteiger partial charge in [0.25, 0.3) is 0 Å². The average Bonchev–Trinajstić information content (AvgIpc) is 3.33. The molecule has 1 aromatic carbocycles. The SMILES string of the molecule is CCC(CC1CC1)NCCC1CCc2ccccc2C1O. The zero-order valence-electron chi connectivity index (χ0n) is 13.2. The summed E-state index contributed by atoms with van der Waals surface area (Å²) >= 11 is 0. The van der Waals surface area contributed by atoms with Crippen LogP contribution in [-0.2, 0) is 6.42 Å². The summed E-state index contributed by atoms with van der Waals surface area (Å²) in [5.74, 6) is 1.42. The molecule has 3 unspecified atom stereocenters. The van der Waals surface area contributed by atoms with Crippen LogP contribution in [-0.4, -0.2) is 17.7 Å². The van der Waals surface area contributed by atoms with Gasteiger partial charge >= 0.3 is 0 Å². The van der Waals surface area contributed by atoms with Gasteiger partial charge in [-0.3, -0.25) is 0 Å². The fraction of sp³-hybridized carbons (Fsp3) is 0.684. The lowest BCUT2D eigenvalue weighted by molar-refractivity contribution is 0.0879. The first kappa shape index (κ1) is 15.1. The van der Waals surface area contributed by atoms with Crippen molar-refractivity contribution in [2.45, 2.75) is 64.0 Å². The van der Waals surface area contributed by atoms with Gasteiger partial charge in [0, 0.05) is 6.04 Å². The molecule has 2 heteroatoms. The molecule has 2 aliphatic carbocycles. The van der Waals surface area contributed by atoms with Crippen LogP contribution in [0.15, 0.2) is 24.3 Å². The molecule has 0 aliphatic heterocycles. The highest BCUT2D eigenvalue weighted by atomic mass is 16.3. The molecular formula is C19H29NO. The van der Waals surface area contributed by atoms with Gasteiger partial charge in [-0.15, -0.1) is 0 Å². The number of hydrogen-bond acceptors (Lipinski definition) is 2. The minimum atomic E-state index is -0.264. The second-order valence-electron chi connectivity index (χ2n) is 6.97. The average molecular weight is 287 g/mol. The van der Waals surface area contributed by atoms with Gasteiger partial charge in [0.2, 0.25) is 0 Å². The van der Waals surface area contributed by atoms with Crippen LogP contribution >= 0.6 is 0 Å². The summed E-state index contributed by atoms with van der Waals surface area (Å²) in [6.07, 6.45) is 8.54. The number of nitrogens with one attached hydrogen (secondary N) is 1. The Bertz CT molecular complexity index is 455. The van der Waals surface area contributed by atoms with E-state index >= 15 is 0 Å². The maximum Gasteiger partial charge on any atom is 0.0821 e. The molecule has 2 N–H and O–H groups in total. The minimum Gasteiger partial charge on any atom is -0.388 e. The Labute approximate surface area is 129 Å². The predicted molar refractivity (Wildman–Crippen MR) is 87.3 cm³/mol. The topological polar surface area (TPSA) is 32.3 Å². The summed E-state index contributed by atoms with van der Waals surface area (Å²) in [4.78, 5) is 0. The smallest absolute Gasteiger partial charge is 0.0821 e. The minimum absolute atomic E-state index is 0.264. The Morgan fingerprint density at radius 1 is 1.24 bits per heavy atom. The first-order chi connectivity index (χ1) is 10.3. The lowest BCUT2D eigenvalue weighted by atomic mass is 9.80. The van der Waals surface area contributed by atoms with Crippen molar-refractivity contribution < 1.29 is 5.11 Å². The van der Waals surface area contributed by atoms with Crippen LogP contribution in [0.5, 0.6) is 0 Å². The number of hydrogen-bond donors (Lipinski definition) is 2. The predicted octanol–water partition coefficient (Wildman–Crippen LogP) is 3.84. The van der Waals surface area contributed by atoms with Crippen molar-refractivity contribution in [1.29, 1.82) is 0 Å². The molecule has 0 bridgehead atoms. The Balaban J connectivity index is 1.47. The number of fused-ring (bicyclic) bond motifs is 1. The number of rotatable bonds is 7. The third-order valence-electron chi connectivity index (χ3n) is 5.36. The largest absolute Gasteiger partial charge is 0.388 e. The van der Waals surface area contributed by atoms with Gasteiger partial charge in [-0.2, -0.15) is 0 Å². The second-order valence-corrected chi connectivity index (χ2v) is 6.97. The van der Waals surface area contributed by atoms with E-state index in [-0.39, 0.29) is 6.10 Å². The molecule has 0 aromatic heterocycles. The lowest BCUT2D eigenvalue weighted by Crippen LogP contribution is -2.32. The molecule has 0 amide bonds. The summed E-state index contributed by atoms with van der Waals surface area (Å²) < 4.78 is 0. The maximum atomic E-state index is 10.6. The molecule has 21 heavy (non-hydrogen) atoms. The molecule has 0 heterocycles. The third-order valence-corrected chi connectivity index (χ3v) is 5.36. The van der Waals surface area contributed by atoms with Gasteiger partial charge in [0.15, 0.2) is 0 Å². The van der Waals surface area contributed by atoms with Gasteiger partial charge in [-0.25, -0.2) is 0 Å². The Hall–Kier alpha value is -0.860. The summed E-state index contributed by atoms with van der Waals surface area (Å²) in [6, 6.07) is 9.07. The second kappa shape index (κ2) is 6.93. The van der Waals surface area contributed by atoms with E-state index < -0.39 is 0 Å². The van der Waals surface area contributed by atoms with E-state index in [1.807, 2.05) is 6.07 Å². The fourth-order valence-corrected chi connectivity index (χ4v) is 3.73. The van der Waals surface area contributed by atoms with Crippen molar-refractivity contribution in [2.24, 2.45) is 11.8 Å². The normalized spacial score (nSPS) is 26.4. The first-order valence-electron chi connectivity index (χ1n) is 8.77. The molecule has 0 radical (unpaired) electrons. The van der Waals surface area contributed by atoms with Gasteiger partial charge in [0.05, 0.1) is 6.10 Å². The highest BCUT2D eigenvalue weighted by molar-refractivity contribution is 5.31. The van der Waals surface area contributed by atoms with Gasteiger partial charge < -0.3 is 10.4 Å². The van der Waals surface area contributed by atoms with Gasteiger partial charge in [0.1, 0.15) is 0 Å². The van der Waals surface area contributed by atoms with E-state index in [0.29, 0.717) is 12.0 Å². The van der Waals surface area contributed by atoms with Gasteiger partial charge in [-0.1, -0.05) is 44.0 Å². The summed E-state index contributed by atoms with van der Waals surface area (Å²) in [5, 5.41) is 14.3. The number of aliphatic hydroxyl groups is 1. The van der Waals surface area contributed by atoms with Crippen molar-refractivity contribution in [1.82, 2.24) is 5.32 Å². The quantitative estimate of drug-likeness (QED) is 0.798. The molecule has 3 atom stereocenters. The summed E-state index contributed by atoms with van der Waals surface area (Å²) in [7, 11) is 0. The van der Waals surface area contributed by atoms with E-state index in [1.165, 1.54) is 36.8 Å². The van der Waals surface area contributed by atoms with E-state index in [4.69, 9.17) is 0 Å². The molecule has 1 fully saturated rings. The lowest BCUT2D eigenvalue weighted by Gasteiger charge is -2.30. The standard InChI is InChI=1S/C19H29NO/c1-2-17(13-14-7-8-14)20-12-11-16-10-9-15-5-3-4-6-18(15)19(16)21/h3-6,14,16-17,19-21H,2,7-13H2,1H3. The zero-order valence-corrected chi connectivity index (χ0v) is 13.2. The Morgan fingerprint density at radius 3 is 2.81 bits per heavy atom. The molecule has 0 spiro atoms. The summed E-state index contributed by atoms with van der Waals surface area (Å²) in [5.41, 5.74) is 2.51. The van der Waals surface area contributed by atoms with Crippen LogP contribution in [0, 0.1) is 11.8 Å². The third kappa shape index (κ3) is 3.87. The van der Waals surface area contributed by atoms with Crippen LogP contribution in [0.2, 0.25) is 0 Å². The van der Waals surface area contributed by atoms with Crippen molar-refractivity contribution in [3.63, 3.8) is 0 Å². The first-order valence-corrected chi connectivity index (χ1v) is 8.77. The Kier molecular flexibility index (Phi) is 4.97. The van der Waals surface area contributed by atoms with Crippen LogP contribution in [0.3, 0.4) is 0 Å². The van der Waals surface area contributed by atoms with Crippen molar-refractivity contribution in [2.75, 3.05) is 6.54 Å². The molecular weight excluding hydrogens is 258 g/mol. The number of benzene rings is 1. The molecule has 1 aromatic rings. The van der Waals surface area contributed by atoms with E-state index in [0.717, 1.165) is 31.7 Å². The molecule has 2 aliphatic rings. The highest BCUT2D eigenvalue weighted by Gasteiger charge is 2.28.